The Labute approximate surface area is 114 Å². The summed E-state index contributed by atoms with van der Waals surface area (Å²) in [4.78, 5) is 9.14. The van der Waals surface area contributed by atoms with Crippen molar-refractivity contribution >= 4 is 11.0 Å². The van der Waals surface area contributed by atoms with Crippen LogP contribution in [-0.2, 0) is 4.74 Å². The van der Waals surface area contributed by atoms with Crippen molar-refractivity contribution in [3.63, 3.8) is 0 Å². The normalized spacial score (nSPS) is 12.7. The van der Waals surface area contributed by atoms with E-state index in [1.165, 1.54) is 0 Å². The van der Waals surface area contributed by atoms with Gasteiger partial charge in [0, 0.05) is 6.61 Å². The van der Waals surface area contributed by atoms with E-state index in [2.05, 4.69) is 22.2 Å². The van der Waals surface area contributed by atoms with E-state index in [9.17, 15) is 0 Å². The highest BCUT2D eigenvalue weighted by Gasteiger charge is 2.13. The summed E-state index contributed by atoms with van der Waals surface area (Å²) in [5.41, 5.74) is 2.80. The zero-order chi connectivity index (χ0) is 13.5. The van der Waals surface area contributed by atoms with Crippen LogP contribution in [0, 0.1) is 0 Å². The van der Waals surface area contributed by atoms with E-state index >= 15 is 0 Å². The van der Waals surface area contributed by atoms with Crippen LogP contribution in [0.25, 0.3) is 11.0 Å². The van der Waals surface area contributed by atoms with Gasteiger partial charge in [0.25, 0.3) is 0 Å². The minimum atomic E-state index is 0.108. The van der Waals surface area contributed by atoms with E-state index in [1.807, 2.05) is 37.4 Å². The second kappa shape index (κ2) is 7.16. The summed E-state index contributed by atoms with van der Waals surface area (Å²) >= 11 is 0. The highest BCUT2D eigenvalue weighted by atomic mass is 16.5. The SMILES string of the molecule is CCCNC(COCC)c1cnc2ccccc2n1. The molecule has 2 rings (SSSR count). The molecule has 1 unspecified atom stereocenters. The number of fused-ring (bicyclic) bond motifs is 1. The molecule has 0 spiro atoms. The van der Waals surface area contributed by atoms with Crippen LogP contribution in [0.4, 0.5) is 0 Å². The molecule has 1 N–H and O–H groups in total. The van der Waals surface area contributed by atoms with E-state index in [4.69, 9.17) is 4.74 Å². The van der Waals surface area contributed by atoms with Crippen molar-refractivity contribution in [2.75, 3.05) is 19.8 Å². The third kappa shape index (κ3) is 3.72. The van der Waals surface area contributed by atoms with Gasteiger partial charge in [-0.15, -0.1) is 0 Å². The fraction of sp³-hybridized carbons (Fsp3) is 0.467. The van der Waals surface area contributed by atoms with Crippen molar-refractivity contribution in [3.05, 3.63) is 36.2 Å². The first-order valence-electron chi connectivity index (χ1n) is 6.88. The Balaban J connectivity index is 2.21. The smallest absolute Gasteiger partial charge is 0.0890 e. The van der Waals surface area contributed by atoms with Gasteiger partial charge in [-0.2, -0.15) is 0 Å². The molecule has 0 radical (unpaired) electrons. The van der Waals surface area contributed by atoms with E-state index < -0.39 is 0 Å². The molecule has 0 saturated heterocycles. The quantitative estimate of drug-likeness (QED) is 0.830. The lowest BCUT2D eigenvalue weighted by atomic mass is 10.2. The van der Waals surface area contributed by atoms with Gasteiger partial charge >= 0.3 is 0 Å². The molecular weight excluding hydrogens is 238 g/mol. The fourth-order valence-corrected chi connectivity index (χ4v) is 1.94. The number of benzene rings is 1. The Bertz CT molecular complexity index is 507. The lowest BCUT2D eigenvalue weighted by Crippen LogP contribution is -2.27. The van der Waals surface area contributed by atoms with E-state index in [0.29, 0.717) is 13.2 Å². The second-order valence-electron chi connectivity index (χ2n) is 4.45. The zero-order valence-electron chi connectivity index (χ0n) is 11.6. The topological polar surface area (TPSA) is 47.0 Å². The molecule has 2 aromatic rings. The summed E-state index contributed by atoms with van der Waals surface area (Å²) in [6.45, 7) is 6.45. The van der Waals surface area contributed by atoms with E-state index in [1.54, 1.807) is 0 Å². The lowest BCUT2D eigenvalue weighted by molar-refractivity contribution is 0.122. The first-order valence-corrected chi connectivity index (χ1v) is 6.88. The molecule has 1 aromatic carbocycles. The average Bonchev–Trinajstić information content (AvgIpc) is 2.47. The number of nitrogens with one attached hydrogen (secondary N) is 1. The Kier molecular flexibility index (Phi) is 5.24. The summed E-state index contributed by atoms with van der Waals surface area (Å²) in [6, 6.07) is 8.03. The Hall–Kier alpha value is -1.52. The Morgan fingerprint density at radius 1 is 1.21 bits per heavy atom. The van der Waals surface area contributed by atoms with Crippen molar-refractivity contribution in [2.45, 2.75) is 26.3 Å². The maximum atomic E-state index is 5.53. The number of ether oxygens (including phenoxy) is 1. The van der Waals surface area contributed by atoms with Crippen molar-refractivity contribution in [2.24, 2.45) is 0 Å². The molecule has 0 fully saturated rings. The van der Waals surface area contributed by atoms with Gasteiger partial charge in [-0.05, 0) is 32.0 Å². The van der Waals surface area contributed by atoms with Crippen molar-refractivity contribution < 1.29 is 4.74 Å². The third-order valence-electron chi connectivity index (χ3n) is 2.95. The molecule has 19 heavy (non-hydrogen) atoms. The van der Waals surface area contributed by atoms with Crippen LogP contribution in [0.5, 0.6) is 0 Å². The van der Waals surface area contributed by atoms with Gasteiger partial charge < -0.3 is 10.1 Å². The van der Waals surface area contributed by atoms with E-state index in [0.717, 1.165) is 29.7 Å². The minimum absolute atomic E-state index is 0.108. The van der Waals surface area contributed by atoms with Crippen molar-refractivity contribution in [3.8, 4) is 0 Å². The summed E-state index contributed by atoms with van der Waals surface area (Å²) in [5, 5.41) is 3.46. The summed E-state index contributed by atoms with van der Waals surface area (Å²) in [6.07, 6.45) is 2.93. The molecule has 4 nitrogen and oxygen atoms in total. The largest absolute Gasteiger partial charge is 0.380 e. The Morgan fingerprint density at radius 3 is 2.74 bits per heavy atom. The van der Waals surface area contributed by atoms with Crippen molar-refractivity contribution in [1.29, 1.82) is 0 Å². The van der Waals surface area contributed by atoms with Crippen LogP contribution in [0.3, 0.4) is 0 Å². The average molecular weight is 259 g/mol. The maximum Gasteiger partial charge on any atom is 0.0890 e. The first-order chi connectivity index (χ1) is 9.35. The van der Waals surface area contributed by atoms with Crippen LogP contribution in [-0.4, -0.2) is 29.7 Å². The van der Waals surface area contributed by atoms with Crippen molar-refractivity contribution in [1.82, 2.24) is 15.3 Å². The van der Waals surface area contributed by atoms with Crippen LogP contribution >= 0.6 is 0 Å². The van der Waals surface area contributed by atoms with Gasteiger partial charge in [-0.3, -0.25) is 4.98 Å². The molecule has 4 heteroatoms. The number of para-hydroxylation sites is 2. The molecule has 0 aliphatic carbocycles. The number of hydrogen-bond acceptors (Lipinski definition) is 4. The predicted molar refractivity (Wildman–Crippen MR) is 77.1 cm³/mol. The fourth-order valence-electron chi connectivity index (χ4n) is 1.94. The monoisotopic (exact) mass is 259 g/mol. The highest BCUT2D eigenvalue weighted by molar-refractivity contribution is 5.73. The van der Waals surface area contributed by atoms with Crippen LogP contribution < -0.4 is 5.32 Å². The second-order valence-corrected chi connectivity index (χ2v) is 4.45. The van der Waals surface area contributed by atoms with E-state index in [-0.39, 0.29) is 6.04 Å². The van der Waals surface area contributed by atoms with Crippen LogP contribution in [0.2, 0.25) is 0 Å². The van der Waals surface area contributed by atoms with Gasteiger partial charge in [-0.1, -0.05) is 19.1 Å². The third-order valence-corrected chi connectivity index (χ3v) is 2.95. The molecule has 1 aromatic heterocycles. The molecule has 1 atom stereocenters. The zero-order valence-corrected chi connectivity index (χ0v) is 11.6. The van der Waals surface area contributed by atoms with Gasteiger partial charge in [0.05, 0.1) is 35.6 Å². The van der Waals surface area contributed by atoms with Gasteiger partial charge in [0.15, 0.2) is 0 Å². The molecule has 0 bridgehead atoms. The molecule has 0 aliphatic heterocycles. The Morgan fingerprint density at radius 2 is 2.00 bits per heavy atom. The lowest BCUT2D eigenvalue weighted by Gasteiger charge is -2.17. The van der Waals surface area contributed by atoms with Crippen LogP contribution in [0.1, 0.15) is 32.0 Å². The van der Waals surface area contributed by atoms with Gasteiger partial charge in [-0.25, -0.2) is 4.98 Å². The number of nitrogens with zero attached hydrogens (tertiary/aromatic N) is 2. The molecule has 0 saturated carbocycles. The number of rotatable bonds is 7. The van der Waals surface area contributed by atoms with Gasteiger partial charge in [0.2, 0.25) is 0 Å². The minimum Gasteiger partial charge on any atom is -0.380 e. The molecule has 0 amide bonds. The summed E-state index contributed by atoms with van der Waals surface area (Å²) in [5.74, 6) is 0. The summed E-state index contributed by atoms with van der Waals surface area (Å²) < 4.78 is 5.53. The highest BCUT2D eigenvalue weighted by Crippen LogP contribution is 2.14. The molecule has 102 valence electrons. The number of hydrogen-bond donors (Lipinski definition) is 1. The summed E-state index contributed by atoms with van der Waals surface area (Å²) in [7, 11) is 0. The van der Waals surface area contributed by atoms with Crippen LogP contribution in [0.15, 0.2) is 30.5 Å². The van der Waals surface area contributed by atoms with Gasteiger partial charge in [0.1, 0.15) is 0 Å². The first kappa shape index (κ1) is 13.9. The molecule has 0 aliphatic rings. The maximum absolute atomic E-state index is 5.53. The standard InChI is InChI=1S/C15H21N3O/c1-3-9-16-15(11-19-4-2)14-10-17-12-7-5-6-8-13(12)18-14/h5-8,10,15-16H,3-4,9,11H2,1-2H3. The number of aromatic nitrogens is 2. The molecular formula is C15H21N3O. The molecule has 1 heterocycles. The predicted octanol–water partition coefficient (Wildman–Crippen LogP) is 2.71.